The number of hydroxylamine groups is 2. The van der Waals surface area contributed by atoms with Crippen LogP contribution in [0.2, 0.25) is 0 Å². The zero-order valence-electron chi connectivity index (χ0n) is 29.9. The Morgan fingerprint density at radius 3 is 2.65 bits per heavy atom. The van der Waals surface area contributed by atoms with Crippen LogP contribution in [0.5, 0.6) is 0 Å². The number of nitrogens with zero attached hydrogens (tertiary/aromatic N) is 2. The van der Waals surface area contributed by atoms with Crippen molar-refractivity contribution >= 4 is 23.9 Å². The molecule has 0 aromatic heterocycles. The number of likely N-dealkylation sites (tertiary alicyclic amines) is 1. The van der Waals surface area contributed by atoms with Gasteiger partial charge in [0.15, 0.2) is 6.04 Å². The van der Waals surface area contributed by atoms with E-state index in [1.807, 2.05) is 0 Å². The summed E-state index contributed by atoms with van der Waals surface area (Å²) in [4.78, 5) is 50.0. The highest BCUT2D eigenvalue weighted by atomic mass is 16.8. The van der Waals surface area contributed by atoms with Gasteiger partial charge in [0.05, 0.1) is 24.9 Å². The molecule has 12 heteroatoms. The van der Waals surface area contributed by atoms with E-state index in [1.165, 1.54) is 18.4 Å². The number of benzene rings is 1. The second-order valence-electron chi connectivity index (χ2n) is 17.1. The van der Waals surface area contributed by atoms with Gasteiger partial charge < -0.3 is 34.3 Å². The van der Waals surface area contributed by atoms with Crippen LogP contribution in [-0.2, 0) is 44.7 Å². The number of rotatable bonds is 7. The standard InChI is InChI=1S/C39H51N3O9/c1-37(2)18-25-24(10-11-29-38(3,50-29)13-12-26(25)37)17-22-6-8-23(9-7-22)20-42-32-35(45)49-28-19-39(32,33(51-42)31-30(28)47-21-48-31)36(46)41-15-4-5-27(41)34(44)40-14-16-43/h6-9,17,25-33,43H,4-5,10-16,18-21H2,1-3H3,(H,40,44)/t25-,26-,27-,28-,29?,30+,31+,32+,33-,38-,39+/m1/s1. The number of carbonyl (C=O) groups is 3. The first-order valence-corrected chi connectivity index (χ1v) is 19.1. The molecule has 2 N–H and O–H groups in total. The number of aliphatic hydroxyl groups excluding tert-OH is 1. The molecule has 276 valence electrons. The first-order valence-electron chi connectivity index (χ1n) is 19.1. The maximum Gasteiger partial charge on any atom is 0.327 e. The van der Waals surface area contributed by atoms with Crippen molar-refractivity contribution < 1.29 is 43.3 Å². The predicted molar refractivity (Wildman–Crippen MR) is 182 cm³/mol. The molecular formula is C39H51N3O9. The lowest BCUT2D eigenvalue weighted by molar-refractivity contribution is -0.204. The van der Waals surface area contributed by atoms with Crippen LogP contribution < -0.4 is 5.32 Å². The van der Waals surface area contributed by atoms with Crippen LogP contribution in [0.15, 0.2) is 29.8 Å². The summed E-state index contributed by atoms with van der Waals surface area (Å²) in [6.45, 7) is 7.71. The molecule has 5 saturated heterocycles. The van der Waals surface area contributed by atoms with Crippen molar-refractivity contribution in [3.8, 4) is 0 Å². The number of amides is 2. The van der Waals surface area contributed by atoms with Crippen molar-refractivity contribution in [2.75, 3.05) is 26.5 Å². The van der Waals surface area contributed by atoms with Crippen LogP contribution >= 0.6 is 0 Å². The Hall–Kier alpha value is -2.87. The van der Waals surface area contributed by atoms with Crippen LogP contribution in [0.3, 0.4) is 0 Å². The molecule has 2 amide bonds. The van der Waals surface area contributed by atoms with Gasteiger partial charge in [-0.2, -0.15) is 5.06 Å². The zero-order chi connectivity index (χ0) is 35.3. The van der Waals surface area contributed by atoms with E-state index in [1.54, 1.807) is 9.96 Å². The van der Waals surface area contributed by atoms with Gasteiger partial charge in [-0.15, -0.1) is 0 Å². The molecule has 8 fully saturated rings. The summed E-state index contributed by atoms with van der Waals surface area (Å²) in [6.07, 6.45) is 7.27. The van der Waals surface area contributed by atoms with Crippen molar-refractivity contribution in [2.45, 2.75) is 127 Å². The quantitative estimate of drug-likeness (QED) is 0.322. The van der Waals surface area contributed by atoms with Gasteiger partial charge in [0.2, 0.25) is 11.8 Å². The Kier molecular flexibility index (Phi) is 8.21. The monoisotopic (exact) mass is 705 g/mol. The molecule has 5 aliphatic heterocycles. The Labute approximate surface area is 299 Å². The van der Waals surface area contributed by atoms with Crippen LogP contribution in [0.1, 0.15) is 83.3 Å². The third kappa shape index (κ3) is 5.42. The molecule has 11 atom stereocenters. The Bertz CT molecular complexity index is 1610. The lowest BCUT2D eigenvalue weighted by Gasteiger charge is -2.53. The van der Waals surface area contributed by atoms with E-state index in [4.69, 9.17) is 23.8 Å². The highest BCUT2D eigenvalue weighted by Gasteiger charge is 2.75. The Morgan fingerprint density at radius 2 is 1.86 bits per heavy atom. The van der Waals surface area contributed by atoms with Crippen LogP contribution in [-0.4, -0.2) is 108 Å². The Balaban J connectivity index is 0.975. The molecule has 5 heterocycles. The summed E-state index contributed by atoms with van der Waals surface area (Å²) in [5, 5.41) is 13.6. The van der Waals surface area contributed by atoms with E-state index in [0.29, 0.717) is 42.7 Å². The molecule has 1 aromatic carbocycles. The fourth-order valence-electron chi connectivity index (χ4n) is 11.0. The van der Waals surface area contributed by atoms with Gasteiger partial charge in [0.1, 0.15) is 42.7 Å². The fourth-order valence-corrected chi connectivity index (χ4v) is 11.0. The topological polar surface area (TPSA) is 139 Å². The molecule has 0 spiro atoms. The smallest absolute Gasteiger partial charge is 0.327 e. The fraction of sp³-hybridized carbons (Fsp3) is 0.718. The minimum absolute atomic E-state index is 0.0250. The van der Waals surface area contributed by atoms with Gasteiger partial charge in [-0.25, -0.2) is 0 Å². The molecule has 2 bridgehead atoms. The predicted octanol–water partition coefficient (Wildman–Crippen LogP) is 3.10. The summed E-state index contributed by atoms with van der Waals surface area (Å²) in [7, 11) is 0. The number of carbonyl (C=O) groups excluding carboxylic acids is 3. The first kappa shape index (κ1) is 33.9. The van der Waals surface area contributed by atoms with Crippen LogP contribution in [0.4, 0.5) is 0 Å². The molecule has 8 aliphatic rings. The number of hydrogen-bond donors (Lipinski definition) is 2. The van der Waals surface area contributed by atoms with Crippen molar-refractivity contribution in [3.63, 3.8) is 0 Å². The lowest BCUT2D eigenvalue weighted by atomic mass is 9.52. The molecule has 3 aliphatic carbocycles. The van der Waals surface area contributed by atoms with E-state index in [9.17, 15) is 19.5 Å². The number of ether oxygens (including phenoxy) is 4. The summed E-state index contributed by atoms with van der Waals surface area (Å²) < 4.78 is 24.0. The number of aliphatic hydroxyl groups is 1. The van der Waals surface area contributed by atoms with Gasteiger partial charge in [0.25, 0.3) is 0 Å². The van der Waals surface area contributed by atoms with Crippen molar-refractivity contribution in [2.24, 2.45) is 22.7 Å². The van der Waals surface area contributed by atoms with Crippen LogP contribution in [0.25, 0.3) is 6.08 Å². The average molecular weight is 706 g/mol. The minimum Gasteiger partial charge on any atom is -0.458 e. The SMILES string of the molecule is CC1(C)C[C@@H]2C(=Cc3ccc(CN4O[C@@H]5[C@H]6OCO[C@H]6[C@H]6C[C@]5(C(=O)N5CCC[C@@H]5C(=O)NCCO)[C@@H]4C(=O)O6)cc3)CCC3O[C@]3(C)CC[C@H]21. The highest BCUT2D eigenvalue weighted by molar-refractivity contribution is 5.96. The normalized spacial score (nSPS) is 42.8. The van der Waals surface area contributed by atoms with E-state index >= 15 is 0 Å². The molecular weight excluding hydrogens is 654 g/mol. The molecule has 9 rings (SSSR count). The zero-order valence-corrected chi connectivity index (χ0v) is 29.9. The van der Waals surface area contributed by atoms with E-state index in [2.05, 4.69) is 56.4 Å². The summed E-state index contributed by atoms with van der Waals surface area (Å²) >= 11 is 0. The molecule has 1 aromatic rings. The van der Waals surface area contributed by atoms with Gasteiger partial charge in [0, 0.05) is 19.5 Å². The third-order valence-corrected chi connectivity index (χ3v) is 13.8. The summed E-state index contributed by atoms with van der Waals surface area (Å²) in [5.41, 5.74) is 2.72. The third-order valence-electron chi connectivity index (χ3n) is 13.8. The second kappa shape index (κ2) is 12.3. The van der Waals surface area contributed by atoms with E-state index in [0.717, 1.165) is 30.4 Å². The number of fused-ring (bicyclic) bond motifs is 6. The molecule has 3 saturated carbocycles. The maximum atomic E-state index is 14.8. The van der Waals surface area contributed by atoms with Crippen molar-refractivity contribution in [3.05, 3.63) is 41.0 Å². The summed E-state index contributed by atoms with van der Waals surface area (Å²) in [5.74, 6) is 0.165. The number of esters is 1. The molecule has 0 radical (unpaired) electrons. The van der Waals surface area contributed by atoms with E-state index < -0.39 is 47.9 Å². The first-order chi connectivity index (χ1) is 24.5. The van der Waals surface area contributed by atoms with Gasteiger partial charge >= 0.3 is 5.97 Å². The maximum absolute atomic E-state index is 14.8. The van der Waals surface area contributed by atoms with Gasteiger partial charge in [-0.3, -0.25) is 19.2 Å². The highest BCUT2D eigenvalue weighted by Crippen LogP contribution is 2.60. The molecule has 1 unspecified atom stereocenters. The molecule has 51 heavy (non-hydrogen) atoms. The lowest BCUT2D eigenvalue weighted by Crippen LogP contribution is -2.70. The second-order valence-corrected chi connectivity index (χ2v) is 17.1. The number of epoxide rings is 1. The number of nitrogens with one attached hydrogen (secondary N) is 1. The number of allylic oxidation sites excluding steroid dienone is 1. The van der Waals surface area contributed by atoms with Gasteiger partial charge in [-0.1, -0.05) is 49.8 Å². The van der Waals surface area contributed by atoms with Crippen molar-refractivity contribution in [1.29, 1.82) is 0 Å². The molecule has 12 nitrogen and oxygen atoms in total. The Morgan fingerprint density at radius 1 is 1.06 bits per heavy atom. The van der Waals surface area contributed by atoms with Gasteiger partial charge in [-0.05, 0) is 80.2 Å². The largest absolute Gasteiger partial charge is 0.458 e. The van der Waals surface area contributed by atoms with E-state index in [-0.39, 0.29) is 50.3 Å². The number of hydrogen-bond acceptors (Lipinski definition) is 10. The summed E-state index contributed by atoms with van der Waals surface area (Å²) in [6, 6.07) is 6.72. The van der Waals surface area contributed by atoms with Crippen molar-refractivity contribution in [1.82, 2.24) is 15.3 Å². The van der Waals surface area contributed by atoms with Crippen LogP contribution in [0, 0.1) is 22.7 Å². The minimum atomic E-state index is -1.30. The average Bonchev–Trinajstić information content (AvgIpc) is 3.57.